The second kappa shape index (κ2) is 5.76. The van der Waals surface area contributed by atoms with E-state index in [1.807, 2.05) is 0 Å². The molecule has 0 bridgehead atoms. The number of rotatable bonds is 5. The molecular weight excluding hydrogens is 204 g/mol. The van der Waals surface area contributed by atoms with Gasteiger partial charge in [-0.05, 0) is 29.1 Å². The molecule has 0 saturated heterocycles. The van der Waals surface area contributed by atoms with Gasteiger partial charge in [-0.3, -0.25) is 0 Å². The summed E-state index contributed by atoms with van der Waals surface area (Å²) >= 11 is 0. The summed E-state index contributed by atoms with van der Waals surface area (Å²) in [5, 5.41) is 0. The summed E-state index contributed by atoms with van der Waals surface area (Å²) in [6.45, 7) is 14.5. The molecule has 1 rings (SSSR count). The van der Waals surface area contributed by atoms with Crippen LogP contribution >= 0.6 is 0 Å². The van der Waals surface area contributed by atoms with Gasteiger partial charge in [-0.1, -0.05) is 80.1 Å². The maximum Gasteiger partial charge on any atom is -0.0306 e. The summed E-state index contributed by atoms with van der Waals surface area (Å²) in [7, 11) is 0. The highest BCUT2D eigenvalue weighted by Crippen LogP contribution is 2.42. The van der Waals surface area contributed by atoms with Crippen molar-refractivity contribution in [2.75, 3.05) is 0 Å². The van der Waals surface area contributed by atoms with E-state index in [1.165, 1.54) is 44.9 Å². The summed E-state index contributed by atoms with van der Waals surface area (Å²) in [4.78, 5) is 0. The third-order valence-corrected chi connectivity index (χ3v) is 5.70. The quantitative estimate of drug-likeness (QED) is 0.511. The molecule has 0 heterocycles. The molecule has 0 aromatic carbocycles. The van der Waals surface area contributed by atoms with Crippen LogP contribution < -0.4 is 0 Å². The lowest BCUT2D eigenvalue weighted by Gasteiger charge is -2.39. The van der Waals surface area contributed by atoms with Crippen molar-refractivity contribution < 1.29 is 0 Å². The van der Waals surface area contributed by atoms with Gasteiger partial charge in [-0.2, -0.15) is 0 Å². The van der Waals surface area contributed by atoms with E-state index in [0.717, 1.165) is 11.8 Å². The Morgan fingerprint density at radius 2 is 1.59 bits per heavy atom. The van der Waals surface area contributed by atoms with Crippen LogP contribution in [-0.4, -0.2) is 0 Å². The molecule has 0 aromatic rings. The first-order chi connectivity index (χ1) is 7.74. The third kappa shape index (κ3) is 4.30. The molecule has 0 radical (unpaired) electrons. The highest BCUT2D eigenvalue weighted by molar-refractivity contribution is 4.82. The number of hydrogen-bond acceptors (Lipinski definition) is 0. The SMILES string of the molecule is CC1CCCC1CCCCC(C)(C)C(C)(C)C. The van der Waals surface area contributed by atoms with Gasteiger partial charge in [0.2, 0.25) is 0 Å². The second-order valence-corrected chi connectivity index (χ2v) is 8.05. The van der Waals surface area contributed by atoms with E-state index in [2.05, 4.69) is 41.5 Å². The molecule has 0 heteroatoms. The summed E-state index contributed by atoms with van der Waals surface area (Å²) in [5.74, 6) is 2.05. The zero-order valence-corrected chi connectivity index (χ0v) is 13.1. The highest BCUT2D eigenvalue weighted by atomic mass is 14.4. The van der Waals surface area contributed by atoms with Crippen LogP contribution in [0.5, 0.6) is 0 Å². The molecular formula is C17H34. The van der Waals surface area contributed by atoms with Gasteiger partial charge in [0.1, 0.15) is 0 Å². The van der Waals surface area contributed by atoms with E-state index < -0.39 is 0 Å². The minimum absolute atomic E-state index is 0.438. The summed E-state index contributed by atoms with van der Waals surface area (Å²) in [6, 6.07) is 0. The Bertz CT molecular complexity index is 219. The minimum Gasteiger partial charge on any atom is -0.0622 e. The van der Waals surface area contributed by atoms with Crippen LogP contribution in [0.15, 0.2) is 0 Å². The molecule has 2 atom stereocenters. The van der Waals surface area contributed by atoms with E-state index in [1.54, 1.807) is 0 Å². The minimum atomic E-state index is 0.438. The Hall–Kier alpha value is 0. The fraction of sp³-hybridized carbons (Fsp3) is 1.00. The maximum atomic E-state index is 2.46. The Labute approximate surface area is 110 Å². The van der Waals surface area contributed by atoms with Crippen molar-refractivity contribution in [2.24, 2.45) is 22.7 Å². The van der Waals surface area contributed by atoms with E-state index in [-0.39, 0.29) is 0 Å². The molecule has 1 fully saturated rings. The van der Waals surface area contributed by atoms with Gasteiger partial charge >= 0.3 is 0 Å². The lowest BCUT2D eigenvalue weighted by Crippen LogP contribution is -2.29. The molecule has 0 amide bonds. The fourth-order valence-corrected chi connectivity index (χ4v) is 3.00. The lowest BCUT2D eigenvalue weighted by atomic mass is 9.66. The van der Waals surface area contributed by atoms with Crippen molar-refractivity contribution in [3.8, 4) is 0 Å². The molecule has 102 valence electrons. The normalized spacial score (nSPS) is 26.5. The topological polar surface area (TPSA) is 0 Å². The molecule has 0 N–H and O–H groups in total. The summed E-state index contributed by atoms with van der Waals surface area (Å²) in [6.07, 6.45) is 10.2. The molecule has 0 spiro atoms. The average molecular weight is 238 g/mol. The Kier molecular flexibility index (Phi) is 5.10. The van der Waals surface area contributed by atoms with Crippen molar-refractivity contribution >= 4 is 0 Å². The van der Waals surface area contributed by atoms with Gasteiger partial charge < -0.3 is 0 Å². The van der Waals surface area contributed by atoms with Crippen molar-refractivity contribution in [1.29, 1.82) is 0 Å². The second-order valence-electron chi connectivity index (χ2n) is 8.05. The number of hydrogen-bond donors (Lipinski definition) is 0. The Balaban J connectivity index is 2.20. The van der Waals surface area contributed by atoms with Gasteiger partial charge in [0, 0.05) is 0 Å². The molecule has 0 aromatic heterocycles. The zero-order valence-electron chi connectivity index (χ0n) is 13.1. The van der Waals surface area contributed by atoms with Crippen molar-refractivity contribution in [2.45, 2.75) is 86.5 Å². The average Bonchev–Trinajstić information content (AvgIpc) is 2.57. The highest BCUT2D eigenvalue weighted by Gasteiger charge is 2.32. The van der Waals surface area contributed by atoms with Crippen LogP contribution in [0, 0.1) is 22.7 Å². The zero-order chi connectivity index (χ0) is 13.1. The summed E-state index contributed by atoms with van der Waals surface area (Å²) < 4.78 is 0. The fourth-order valence-electron chi connectivity index (χ4n) is 3.00. The molecule has 17 heavy (non-hydrogen) atoms. The first-order valence-corrected chi connectivity index (χ1v) is 7.74. The number of unbranched alkanes of at least 4 members (excludes halogenated alkanes) is 1. The van der Waals surface area contributed by atoms with Crippen molar-refractivity contribution in [3.63, 3.8) is 0 Å². The third-order valence-electron chi connectivity index (χ3n) is 5.70. The van der Waals surface area contributed by atoms with E-state index in [9.17, 15) is 0 Å². The van der Waals surface area contributed by atoms with Gasteiger partial charge in [-0.25, -0.2) is 0 Å². The standard InChI is InChI=1S/C17H34/c1-14-10-9-12-15(14)11-7-8-13-17(5,6)16(2,3)4/h14-15H,7-13H2,1-6H3. The van der Waals surface area contributed by atoms with Crippen LogP contribution in [0.25, 0.3) is 0 Å². The molecule has 1 aliphatic rings. The molecule has 2 unspecified atom stereocenters. The van der Waals surface area contributed by atoms with Crippen molar-refractivity contribution in [1.82, 2.24) is 0 Å². The van der Waals surface area contributed by atoms with Gasteiger partial charge in [0.25, 0.3) is 0 Å². The molecule has 1 aliphatic carbocycles. The molecule has 0 aliphatic heterocycles. The Morgan fingerprint density at radius 3 is 2.06 bits per heavy atom. The first-order valence-electron chi connectivity index (χ1n) is 7.74. The predicted molar refractivity (Wildman–Crippen MR) is 78.2 cm³/mol. The predicted octanol–water partition coefficient (Wildman–Crippen LogP) is 6.06. The monoisotopic (exact) mass is 238 g/mol. The van der Waals surface area contributed by atoms with Crippen LogP contribution in [0.3, 0.4) is 0 Å². The summed E-state index contributed by atoms with van der Waals surface area (Å²) in [5.41, 5.74) is 0.919. The molecule has 1 saturated carbocycles. The Morgan fingerprint density at radius 1 is 0.941 bits per heavy atom. The maximum absolute atomic E-state index is 2.46. The van der Waals surface area contributed by atoms with E-state index in [0.29, 0.717) is 10.8 Å². The van der Waals surface area contributed by atoms with Gasteiger partial charge in [0.15, 0.2) is 0 Å². The van der Waals surface area contributed by atoms with E-state index in [4.69, 9.17) is 0 Å². The van der Waals surface area contributed by atoms with E-state index >= 15 is 0 Å². The lowest BCUT2D eigenvalue weighted by molar-refractivity contribution is 0.115. The first kappa shape index (κ1) is 15.1. The van der Waals surface area contributed by atoms with Crippen LogP contribution in [0.4, 0.5) is 0 Å². The smallest absolute Gasteiger partial charge is 0.0306 e. The van der Waals surface area contributed by atoms with Crippen LogP contribution in [0.2, 0.25) is 0 Å². The molecule has 0 nitrogen and oxygen atoms in total. The van der Waals surface area contributed by atoms with Crippen LogP contribution in [-0.2, 0) is 0 Å². The van der Waals surface area contributed by atoms with Crippen LogP contribution in [0.1, 0.15) is 86.5 Å². The van der Waals surface area contributed by atoms with Gasteiger partial charge in [0.05, 0.1) is 0 Å². The van der Waals surface area contributed by atoms with Crippen molar-refractivity contribution in [3.05, 3.63) is 0 Å². The largest absolute Gasteiger partial charge is 0.0622 e. The van der Waals surface area contributed by atoms with Gasteiger partial charge in [-0.15, -0.1) is 0 Å².